The lowest BCUT2D eigenvalue weighted by molar-refractivity contribution is 0.620. The standard InChI is InChI=1S/C25H33N5S/c1-8-18(9-2)19(14-16(4)26)25-27-17(5)23(29-25)24-15(3)13-21(31-24)20-11-10-12-22(28-20)30(6)7/h10-14,18,26H,8-9H2,1-7H3,(H,27,29)/b19-14-,26-16?. The molecule has 0 spiro atoms. The number of imidazole rings is 1. The number of hydrogen-bond donors (Lipinski definition) is 2. The van der Waals surface area contributed by atoms with Crippen LogP contribution in [0, 0.1) is 25.2 Å². The normalized spacial score (nSPS) is 11.9. The SMILES string of the molecule is CCC(CC)/C(=C/C(C)=N)c1nc(-c2sc(-c3cccc(N(C)C)n3)cc2C)c(C)[nH]1. The molecule has 0 saturated carbocycles. The van der Waals surface area contributed by atoms with Crippen LogP contribution in [0.3, 0.4) is 0 Å². The van der Waals surface area contributed by atoms with Crippen molar-refractivity contribution >= 4 is 28.4 Å². The number of anilines is 1. The lowest BCUT2D eigenvalue weighted by Crippen LogP contribution is -2.10. The molecule has 0 aliphatic heterocycles. The lowest BCUT2D eigenvalue weighted by atomic mass is 9.92. The molecular weight excluding hydrogens is 402 g/mol. The molecule has 0 amide bonds. The molecule has 0 aliphatic carbocycles. The van der Waals surface area contributed by atoms with E-state index in [0.717, 1.165) is 52.0 Å². The van der Waals surface area contributed by atoms with Crippen LogP contribution in [0.5, 0.6) is 0 Å². The van der Waals surface area contributed by atoms with Crippen LogP contribution in [-0.2, 0) is 0 Å². The minimum absolute atomic E-state index is 0.386. The average Bonchev–Trinajstić information content (AvgIpc) is 3.30. The zero-order valence-electron chi connectivity index (χ0n) is 19.6. The second-order valence-electron chi connectivity index (χ2n) is 8.25. The van der Waals surface area contributed by atoms with Gasteiger partial charge in [-0.1, -0.05) is 19.9 Å². The van der Waals surface area contributed by atoms with Crippen molar-refractivity contribution in [2.75, 3.05) is 19.0 Å². The Balaban J connectivity index is 2.04. The van der Waals surface area contributed by atoms with Crippen LogP contribution in [0.1, 0.15) is 50.7 Å². The molecule has 164 valence electrons. The summed E-state index contributed by atoms with van der Waals surface area (Å²) in [4.78, 5) is 17.7. The van der Waals surface area contributed by atoms with Crippen molar-refractivity contribution in [3.63, 3.8) is 0 Å². The Kier molecular flexibility index (Phi) is 7.11. The number of allylic oxidation sites excluding steroid dienone is 2. The van der Waals surface area contributed by atoms with Gasteiger partial charge in [0.1, 0.15) is 17.3 Å². The first kappa shape index (κ1) is 22.9. The summed E-state index contributed by atoms with van der Waals surface area (Å²) in [5.74, 6) is 2.22. The van der Waals surface area contributed by atoms with Crippen LogP contribution in [0.2, 0.25) is 0 Å². The Bertz CT molecular complexity index is 1100. The Morgan fingerprint density at radius 1 is 1.19 bits per heavy atom. The summed E-state index contributed by atoms with van der Waals surface area (Å²) >= 11 is 1.73. The summed E-state index contributed by atoms with van der Waals surface area (Å²) in [6.45, 7) is 10.4. The Hall–Kier alpha value is -2.73. The summed E-state index contributed by atoms with van der Waals surface area (Å²) < 4.78 is 0. The zero-order valence-corrected chi connectivity index (χ0v) is 20.4. The van der Waals surface area contributed by atoms with E-state index in [4.69, 9.17) is 15.4 Å². The van der Waals surface area contributed by atoms with E-state index in [1.807, 2.05) is 38.1 Å². The molecule has 3 rings (SSSR count). The van der Waals surface area contributed by atoms with Gasteiger partial charge in [-0.3, -0.25) is 0 Å². The third kappa shape index (κ3) is 4.96. The maximum absolute atomic E-state index is 8.00. The fourth-order valence-corrected chi connectivity index (χ4v) is 5.00. The molecule has 0 unspecified atom stereocenters. The van der Waals surface area contributed by atoms with E-state index < -0.39 is 0 Å². The zero-order chi connectivity index (χ0) is 22.7. The second kappa shape index (κ2) is 9.60. The van der Waals surface area contributed by atoms with E-state index in [9.17, 15) is 0 Å². The first-order chi connectivity index (χ1) is 14.7. The molecule has 0 aliphatic rings. The highest BCUT2D eigenvalue weighted by atomic mass is 32.1. The number of aryl methyl sites for hydroxylation is 2. The van der Waals surface area contributed by atoms with Crippen LogP contribution in [0.4, 0.5) is 5.82 Å². The molecule has 3 heterocycles. The quantitative estimate of drug-likeness (QED) is 0.385. The Morgan fingerprint density at radius 2 is 1.90 bits per heavy atom. The molecule has 3 aromatic rings. The van der Waals surface area contributed by atoms with Crippen molar-refractivity contribution < 1.29 is 0 Å². The highest BCUT2D eigenvalue weighted by Gasteiger charge is 2.21. The van der Waals surface area contributed by atoms with Crippen molar-refractivity contribution in [3.8, 4) is 21.1 Å². The van der Waals surface area contributed by atoms with Gasteiger partial charge in [-0.15, -0.1) is 11.3 Å². The largest absolute Gasteiger partial charge is 0.363 e. The third-order valence-electron chi connectivity index (χ3n) is 5.53. The summed E-state index contributed by atoms with van der Waals surface area (Å²) in [5.41, 5.74) is 5.92. The van der Waals surface area contributed by atoms with Crippen LogP contribution in [0.15, 0.2) is 30.3 Å². The number of thiophene rings is 1. The number of rotatable bonds is 8. The minimum atomic E-state index is 0.386. The van der Waals surface area contributed by atoms with E-state index in [2.05, 4.69) is 50.9 Å². The van der Waals surface area contributed by atoms with Crippen LogP contribution < -0.4 is 4.90 Å². The highest BCUT2D eigenvalue weighted by Crippen LogP contribution is 2.39. The predicted octanol–water partition coefficient (Wildman–Crippen LogP) is 6.74. The van der Waals surface area contributed by atoms with Crippen molar-refractivity contribution in [1.82, 2.24) is 15.0 Å². The predicted molar refractivity (Wildman–Crippen MR) is 134 cm³/mol. The maximum Gasteiger partial charge on any atom is 0.134 e. The number of nitrogens with one attached hydrogen (secondary N) is 2. The molecule has 6 heteroatoms. The third-order valence-corrected chi connectivity index (χ3v) is 6.80. The highest BCUT2D eigenvalue weighted by molar-refractivity contribution is 7.19. The van der Waals surface area contributed by atoms with Crippen LogP contribution in [0.25, 0.3) is 26.7 Å². The van der Waals surface area contributed by atoms with E-state index in [0.29, 0.717) is 11.6 Å². The van der Waals surface area contributed by atoms with Gasteiger partial charge in [0, 0.05) is 25.5 Å². The van der Waals surface area contributed by atoms with Crippen LogP contribution in [-0.4, -0.2) is 34.8 Å². The number of aromatic amines is 1. The van der Waals surface area contributed by atoms with Crippen molar-refractivity contribution in [2.24, 2.45) is 5.92 Å². The fraction of sp³-hybridized carbons (Fsp3) is 0.400. The van der Waals surface area contributed by atoms with E-state index >= 15 is 0 Å². The number of H-pyrrole nitrogens is 1. The summed E-state index contributed by atoms with van der Waals surface area (Å²) in [6.07, 6.45) is 4.02. The second-order valence-corrected chi connectivity index (χ2v) is 9.31. The first-order valence-electron chi connectivity index (χ1n) is 10.8. The molecule has 2 N–H and O–H groups in total. The van der Waals surface area contributed by atoms with Crippen molar-refractivity contribution in [2.45, 2.75) is 47.5 Å². The molecular formula is C25H33N5S. The van der Waals surface area contributed by atoms with E-state index in [-0.39, 0.29) is 0 Å². The molecule has 0 atom stereocenters. The molecule has 0 saturated heterocycles. The summed E-state index contributed by atoms with van der Waals surface area (Å²) in [6, 6.07) is 8.34. The van der Waals surface area contributed by atoms with Gasteiger partial charge < -0.3 is 15.3 Å². The van der Waals surface area contributed by atoms with Gasteiger partial charge >= 0.3 is 0 Å². The molecule has 0 aromatic carbocycles. The van der Waals surface area contributed by atoms with Crippen LogP contribution >= 0.6 is 11.3 Å². The Labute approximate surface area is 189 Å². The lowest BCUT2D eigenvalue weighted by Gasteiger charge is -2.15. The summed E-state index contributed by atoms with van der Waals surface area (Å²) in [5, 5.41) is 8.00. The summed E-state index contributed by atoms with van der Waals surface area (Å²) in [7, 11) is 4.01. The maximum atomic E-state index is 8.00. The van der Waals surface area contributed by atoms with Gasteiger partial charge in [0.15, 0.2) is 0 Å². The first-order valence-corrected chi connectivity index (χ1v) is 11.7. The number of nitrogens with zero attached hydrogens (tertiary/aromatic N) is 3. The average molecular weight is 436 g/mol. The van der Waals surface area contributed by atoms with Gasteiger partial charge in [-0.05, 0) is 74.9 Å². The number of hydrogen-bond acceptors (Lipinski definition) is 5. The smallest absolute Gasteiger partial charge is 0.134 e. The molecule has 31 heavy (non-hydrogen) atoms. The van der Waals surface area contributed by atoms with Gasteiger partial charge in [-0.2, -0.15) is 0 Å². The molecule has 0 fully saturated rings. The van der Waals surface area contributed by atoms with Gasteiger partial charge in [-0.25, -0.2) is 9.97 Å². The van der Waals surface area contributed by atoms with Crippen molar-refractivity contribution in [1.29, 1.82) is 5.41 Å². The Morgan fingerprint density at radius 3 is 2.52 bits per heavy atom. The van der Waals surface area contributed by atoms with Crippen molar-refractivity contribution in [3.05, 3.63) is 47.4 Å². The van der Waals surface area contributed by atoms with Gasteiger partial charge in [0.2, 0.25) is 0 Å². The molecule has 0 bridgehead atoms. The van der Waals surface area contributed by atoms with Gasteiger partial charge in [0.05, 0.1) is 15.4 Å². The van der Waals surface area contributed by atoms with E-state index in [1.165, 1.54) is 10.4 Å². The van der Waals surface area contributed by atoms with Gasteiger partial charge in [0.25, 0.3) is 0 Å². The monoisotopic (exact) mass is 435 g/mol. The minimum Gasteiger partial charge on any atom is -0.363 e. The molecule has 3 aromatic heterocycles. The fourth-order valence-electron chi connectivity index (χ4n) is 3.81. The number of aromatic nitrogens is 3. The number of pyridine rings is 1. The molecule has 5 nitrogen and oxygen atoms in total. The van der Waals surface area contributed by atoms with E-state index in [1.54, 1.807) is 11.3 Å². The topological polar surface area (TPSA) is 68.7 Å². The molecule has 0 radical (unpaired) electrons.